The van der Waals surface area contributed by atoms with Gasteiger partial charge in [0.1, 0.15) is 0 Å². The van der Waals surface area contributed by atoms with E-state index in [1.54, 1.807) is 11.3 Å². The number of aromatic amines is 1. The number of thiazole rings is 1. The van der Waals surface area contributed by atoms with Gasteiger partial charge in [-0.3, -0.25) is 4.79 Å². The van der Waals surface area contributed by atoms with Gasteiger partial charge in [-0.25, -0.2) is 0 Å². The number of carbonyl (C=O) groups is 1. The second kappa shape index (κ2) is 5.10. The summed E-state index contributed by atoms with van der Waals surface area (Å²) >= 11 is 6.79. The van der Waals surface area contributed by atoms with Gasteiger partial charge in [0.2, 0.25) is 0 Å². The third kappa shape index (κ3) is 2.52. The lowest BCUT2D eigenvalue weighted by atomic mass is 9.88. The minimum Gasteiger partial charge on any atom is -0.466 e. The average molecular weight is 257 g/mol. The summed E-state index contributed by atoms with van der Waals surface area (Å²) in [6, 6.07) is 0. The smallest absolute Gasteiger partial charge is 0.306 e. The molecule has 1 unspecified atom stereocenters. The van der Waals surface area contributed by atoms with Crippen LogP contribution in [0.4, 0.5) is 0 Å². The van der Waals surface area contributed by atoms with Crippen LogP contribution in [-0.2, 0) is 16.0 Å². The van der Waals surface area contributed by atoms with E-state index in [-0.39, 0.29) is 11.9 Å². The normalized spacial score (nSPS) is 19.2. The Morgan fingerprint density at radius 1 is 1.69 bits per heavy atom. The number of aromatic nitrogens is 1. The molecule has 2 rings (SSSR count). The van der Waals surface area contributed by atoms with Crippen LogP contribution in [0.25, 0.3) is 0 Å². The van der Waals surface area contributed by atoms with Gasteiger partial charge in [-0.15, -0.1) is 11.3 Å². The Morgan fingerprint density at radius 3 is 3.25 bits per heavy atom. The van der Waals surface area contributed by atoms with Crippen LogP contribution in [-0.4, -0.2) is 17.6 Å². The molecule has 1 aliphatic carbocycles. The summed E-state index contributed by atoms with van der Waals surface area (Å²) in [7, 11) is 0. The van der Waals surface area contributed by atoms with Crippen molar-refractivity contribution in [2.75, 3.05) is 6.61 Å². The second-order valence-corrected chi connectivity index (χ2v) is 5.72. The Labute approximate surface area is 104 Å². The van der Waals surface area contributed by atoms with E-state index in [9.17, 15) is 4.79 Å². The quantitative estimate of drug-likeness (QED) is 0.668. The zero-order valence-corrected chi connectivity index (χ0v) is 10.9. The fourth-order valence-corrected chi connectivity index (χ4v) is 3.54. The van der Waals surface area contributed by atoms with Gasteiger partial charge < -0.3 is 9.72 Å². The Hall–Kier alpha value is -0.680. The van der Waals surface area contributed by atoms with E-state index < -0.39 is 0 Å². The Morgan fingerprint density at radius 2 is 2.50 bits per heavy atom. The van der Waals surface area contributed by atoms with E-state index >= 15 is 0 Å². The molecule has 1 N–H and O–H groups in total. The van der Waals surface area contributed by atoms with Gasteiger partial charge in [0, 0.05) is 16.5 Å². The molecule has 1 aromatic rings. The summed E-state index contributed by atoms with van der Waals surface area (Å²) in [5.74, 6) is 0.168. The number of H-pyrrole nitrogens is 1. The molecular weight excluding hydrogens is 242 g/mol. The number of ether oxygens (including phenoxy) is 1. The van der Waals surface area contributed by atoms with E-state index in [1.807, 2.05) is 6.92 Å². The highest BCUT2D eigenvalue weighted by atomic mass is 32.1. The maximum absolute atomic E-state index is 11.5. The molecule has 16 heavy (non-hydrogen) atoms. The zero-order valence-electron chi connectivity index (χ0n) is 9.25. The average Bonchev–Trinajstić information content (AvgIpc) is 2.60. The highest BCUT2D eigenvalue weighted by Crippen LogP contribution is 2.35. The zero-order chi connectivity index (χ0) is 11.5. The number of carbonyl (C=O) groups excluding carboxylic acids is 1. The van der Waals surface area contributed by atoms with Crippen molar-refractivity contribution in [2.24, 2.45) is 0 Å². The van der Waals surface area contributed by atoms with Crippen molar-refractivity contribution in [1.82, 2.24) is 4.98 Å². The van der Waals surface area contributed by atoms with Crippen LogP contribution in [0.2, 0.25) is 0 Å². The molecule has 0 fully saturated rings. The molecule has 1 heterocycles. The molecule has 0 radical (unpaired) electrons. The van der Waals surface area contributed by atoms with E-state index in [2.05, 4.69) is 4.98 Å². The van der Waals surface area contributed by atoms with Crippen molar-refractivity contribution in [3.05, 3.63) is 14.5 Å². The Kier molecular flexibility index (Phi) is 3.76. The van der Waals surface area contributed by atoms with Crippen LogP contribution in [0.3, 0.4) is 0 Å². The molecule has 1 aliphatic rings. The van der Waals surface area contributed by atoms with E-state index in [0.717, 1.165) is 23.2 Å². The topological polar surface area (TPSA) is 42.1 Å². The predicted octanol–water partition coefficient (Wildman–Crippen LogP) is 3.18. The molecule has 0 aliphatic heterocycles. The monoisotopic (exact) mass is 257 g/mol. The van der Waals surface area contributed by atoms with Gasteiger partial charge >= 0.3 is 5.97 Å². The van der Waals surface area contributed by atoms with Crippen molar-refractivity contribution in [3.63, 3.8) is 0 Å². The maximum atomic E-state index is 11.5. The van der Waals surface area contributed by atoms with Crippen molar-refractivity contribution in [2.45, 2.75) is 38.5 Å². The predicted molar refractivity (Wildman–Crippen MR) is 66.4 cm³/mol. The van der Waals surface area contributed by atoms with E-state index in [0.29, 0.717) is 13.0 Å². The third-order valence-electron chi connectivity index (χ3n) is 2.84. The summed E-state index contributed by atoms with van der Waals surface area (Å²) in [6.45, 7) is 2.29. The molecule has 88 valence electrons. The fourth-order valence-electron chi connectivity index (χ4n) is 2.17. The number of nitrogens with one attached hydrogen (secondary N) is 1. The molecule has 0 bridgehead atoms. The Bertz CT molecular complexity index is 435. The summed E-state index contributed by atoms with van der Waals surface area (Å²) in [6.07, 6.45) is 3.75. The summed E-state index contributed by atoms with van der Waals surface area (Å²) in [5, 5.41) is 0. The number of aryl methyl sites for hydroxylation is 1. The largest absolute Gasteiger partial charge is 0.466 e. The van der Waals surface area contributed by atoms with Gasteiger partial charge in [0.25, 0.3) is 0 Å². The second-order valence-electron chi connectivity index (χ2n) is 3.95. The van der Waals surface area contributed by atoms with Crippen molar-refractivity contribution in [3.8, 4) is 0 Å². The standard InChI is InChI=1S/C11H15NO2S2/c1-2-14-9(13)6-7-4-3-5-8-10(7)12-11(15)16-8/h7H,2-6H2,1H3,(H,12,15). The number of esters is 1. The number of rotatable bonds is 3. The summed E-state index contributed by atoms with van der Waals surface area (Å²) < 4.78 is 5.81. The lowest BCUT2D eigenvalue weighted by Crippen LogP contribution is -2.15. The molecule has 1 aromatic heterocycles. The van der Waals surface area contributed by atoms with Crippen LogP contribution in [0.15, 0.2) is 0 Å². The minimum atomic E-state index is -0.106. The van der Waals surface area contributed by atoms with Crippen LogP contribution in [0.5, 0.6) is 0 Å². The molecule has 0 aromatic carbocycles. The van der Waals surface area contributed by atoms with Crippen LogP contribution >= 0.6 is 23.6 Å². The van der Waals surface area contributed by atoms with Gasteiger partial charge in [-0.05, 0) is 38.4 Å². The van der Waals surface area contributed by atoms with Crippen LogP contribution in [0, 0.1) is 3.95 Å². The molecular formula is C11H15NO2S2. The fraction of sp³-hybridized carbons (Fsp3) is 0.636. The van der Waals surface area contributed by atoms with Crippen molar-refractivity contribution < 1.29 is 9.53 Å². The molecule has 0 saturated heterocycles. The number of hydrogen-bond donors (Lipinski definition) is 1. The van der Waals surface area contributed by atoms with Gasteiger partial charge in [0.05, 0.1) is 13.0 Å². The first-order valence-corrected chi connectivity index (χ1v) is 6.80. The van der Waals surface area contributed by atoms with E-state index in [1.165, 1.54) is 10.6 Å². The molecule has 5 heteroatoms. The van der Waals surface area contributed by atoms with Crippen molar-refractivity contribution >= 4 is 29.5 Å². The van der Waals surface area contributed by atoms with Gasteiger partial charge in [0.15, 0.2) is 3.95 Å². The highest BCUT2D eigenvalue weighted by Gasteiger charge is 2.25. The highest BCUT2D eigenvalue weighted by molar-refractivity contribution is 7.73. The van der Waals surface area contributed by atoms with Gasteiger partial charge in [-0.2, -0.15) is 0 Å². The maximum Gasteiger partial charge on any atom is 0.306 e. The lowest BCUT2D eigenvalue weighted by molar-refractivity contribution is -0.143. The Balaban J connectivity index is 2.12. The van der Waals surface area contributed by atoms with E-state index in [4.69, 9.17) is 17.0 Å². The number of fused-ring (bicyclic) bond motifs is 1. The first-order valence-electron chi connectivity index (χ1n) is 5.58. The SMILES string of the molecule is CCOC(=O)CC1CCCc2sc(=S)[nH]c21. The van der Waals surface area contributed by atoms with Gasteiger partial charge in [-0.1, -0.05) is 0 Å². The molecule has 0 spiro atoms. The molecule has 3 nitrogen and oxygen atoms in total. The van der Waals surface area contributed by atoms with Crippen molar-refractivity contribution in [1.29, 1.82) is 0 Å². The lowest BCUT2D eigenvalue weighted by Gasteiger charge is -2.20. The molecule has 1 atom stereocenters. The first kappa shape index (κ1) is 11.8. The van der Waals surface area contributed by atoms with Crippen LogP contribution < -0.4 is 0 Å². The third-order valence-corrected chi connectivity index (χ3v) is 4.15. The number of hydrogen-bond acceptors (Lipinski definition) is 4. The first-order chi connectivity index (χ1) is 7.70. The minimum absolute atomic E-state index is 0.106. The summed E-state index contributed by atoms with van der Waals surface area (Å²) in [5.41, 5.74) is 1.18. The molecule has 0 saturated carbocycles. The summed E-state index contributed by atoms with van der Waals surface area (Å²) in [4.78, 5) is 16.0. The molecule has 0 amide bonds. The van der Waals surface area contributed by atoms with Crippen LogP contribution in [0.1, 0.15) is 42.7 Å².